The minimum atomic E-state index is -0.715. The SMILES string of the molecule is NC(=O)c1ccc(NC2C3CCC(C3)C2C(=O)O)cc1Br. The van der Waals surface area contributed by atoms with Gasteiger partial charge in [-0.1, -0.05) is 0 Å². The van der Waals surface area contributed by atoms with Crippen molar-refractivity contribution in [1.29, 1.82) is 0 Å². The maximum absolute atomic E-state index is 11.5. The van der Waals surface area contributed by atoms with E-state index in [1.807, 2.05) is 0 Å². The van der Waals surface area contributed by atoms with Crippen LogP contribution in [0.1, 0.15) is 29.6 Å². The second-order valence-corrected chi connectivity index (χ2v) is 6.78. The molecule has 6 heteroatoms. The summed E-state index contributed by atoms with van der Waals surface area (Å²) < 4.78 is 0.620. The summed E-state index contributed by atoms with van der Waals surface area (Å²) >= 11 is 3.32. The Morgan fingerprint density at radius 3 is 2.62 bits per heavy atom. The van der Waals surface area contributed by atoms with Gasteiger partial charge >= 0.3 is 5.97 Å². The molecule has 2 aliphatic carbocycles. The van der Waals surface area contributed by atoms with Crippen LogP contribution in [-0.2, 0) is 4.79 Å². The minimum absolute atomic E-state index is 0.0346. The van der Waals surface area contributed by atoms with Gasteiger partial charge in [0, 0.05) is 16.2 Å². The van der Waals surface area contributed by atoms with Crippen molar-refractivity contribution in [1.82, 2.24) is 0 Å². The summed E-state index contributed by atoms with van der Waals surface area (Å²) in [6.07, 6.45) is 3.10. The van der Waals surface area contributed by atoms with Gasteiger partial charge in [0.2, 0.25) is 5.91 Å². The molecule has 2 fully saturated rings. The molecule has 21 heavy (non-hydrogen) atoms. The van der Waals surface area contributed by atoms with E-state index in [0.717, 1.165) is 24.9 Å². The van der Waals surface area contributed by atoms with E-state index in [-0.39, 0.29) is 12.0 Å². The van der Waals surface area contributed by atoms with Crippen LogP contribution in [0.25, 0.3) is 0 Å². The molecule has 5 nitrogen and oxygen atoms in total. The normalized spacial score (nSPS) is 30.3. The standard InChI is InChI=1S/C15H17BrN2O3/c16-11-6-9(3-4-10(11)14(17)19)18-13-8-2-1-7(5-8)12(13)15(20)21/h3-4,6-8,12-13,18H,1-2,5H2,(H2,17,19)(H,20,21). The molecular formula is C15H17BrN2O3. The molecular weight excluding hydrogens is 336 g/mol. The highest BCUT2D eigenvalue weighted by Gasteiger charge is 2.51. The molecule has 0 aromatic heterocycles. The monoisotopic (exact) mass is 352 g/mol. The molecule has 0 radical (unpaired) electrons. The van der Waals surface area contributed by atoms with Gasteiger partial charge in [-0.25, -0.2) is 0 Å². The zero-order chi connectivity index (χ0) is 15.1. The number of amides is 1. The first-order chi connectivity index (χ1) is 9.97. The molecule has 2 saturated carbocycles. The van der Waals surface area contributed by atoms with Gasteiger partial charge in [0.1, 0.15) is 0 Å². The van der Waals surface area contributed by atoms with Gasteiger partial charge in [-0.15, -0.1) is 0 Å². The number of carbonyl (C=O) groups excluding carboxylic acids is 1. The summed E-state index contributed by atoms with van der Waals surface area (Å²) in [4.78, 5) is 22.7. The fourth-order valence-electron chi connectivity index (χ4n) is 3.85. The van der Waals surface area contributed by atoms with Gasteiger partial charge in [-0.05, 0) is 65.2 Å². The predicted molar refractivity (Wildman–Crippen MR) is 82.0 cm³/mol. The van der Waals surface area contributed by atoms with Crippen LogP contribution in [0.15, 0.2) is 22.7 Å². The predicted octanol–water partition coefficient (Wildman–Crippen LogP) is 2.46. The second kappa shape index (κ2) is 5.33. The number of benzene rings is 1. The van der Waals surface area contributed by atoms with E-state index in [1.165, 1.54) is 0 Å². The molecule has 112 valence electrons. The van der Waals surface area contributed by atoms with E-state index in [0.29, 0.717) is 21.9 Å². The van der Waals surface area contributed by atoms with Crippen LogP contribution in [0.4, 0.5) is 5.69 Å². The van der Waals surface area contributed by atoms with E-state index in [2.05, 4.69) is 21.2 Å². The van der Waals surface area contributed by atoms with E-state index in [1.54, 1.807) is 18.2 Å². The van der Waals surface area contributed by atoms with Gasteiger partial charge in [-0.3, -0.25) is 9.59 Å². The van der Waals surface area contributed by atoms with Gasteiger partial charge in [0.05, 0.1) is 11.5 Å². The molecule has 1 aromatic carbocycles. The average molecular weight is 353 g/mol. The summed E-state index contributed by atoms with van der Waals surface area (Å²) in [7, 11) is 0. The Morgan fingerprint density at radius 1 is 1.29 bits per heavy atom. The lowest BCUT2D eigenvalue weighted by Gasteiger charge is -2.29. The fourth-order valence-corrected chi connectivity index (χ4v) is 4.43. The van der Waals surface area contributed by atoms with Gasteiger partial charge < -0.3 is 16.2 Å². The van der Waals surface area contributed by atoms with Crippen LogP contribution < -0.4 is 11.1 Å². The van der Waals surface area contributed by atoms with E-state index in [9.17, 15) is 14.7 Å². The largest absolute Gasteiger partial charge is 0.481 e. The summed E-state index contributed by atoms with van der Waals surface area (Å²) in [5.74, 6) is -0.813. The molecule has 0 aliphatic heterocycles. The topological polar surface area (TPSA) is 92.4 Å². The number of nitrogens with two attached hydrogens (primary N) is 1. The molecule has 2 aliphatic rings. The molecule has 0 saturated heterocycles. The van der Waals surface area contributed by atoms with E-state index in [4.69, 9.17) is 5.73 Å². The van der Waals surface area contributed by atoms with Crippen LogP contribution in [0, 0.1) is 17.8 Å². The Bertz CT molecular complexity index is 605. The number of fused-ring (bicyclic) bond motifs is 2. The molecule has 1 amide bonds. The van der Waals surface area contributed by atoms with Crippen molar-refractivity contribution >= 4 is 33.5 Å². The molecule has 4 N–H and O–H groups in total. The van der Waals surface area contributed by atoms with Crippen molar-refractivity contribution in [2.24, 2.45) is 23.5 Å². The smallest absolute Gasteiger partial charge is 0.308 e. The number of primary amides is 1. The van der Waals surface area contributed by atoms with Gasteiger partial charge in [-0.2, -0.15) is 0 Å². The van der Waals surface area contributed by atoms with Crippen molar-refractivity contribution < 1.29 is 14.7 Å². The van der Waals surface area contributed by atoms with Crippen LogP contribution in [-0.4, -0.2) is 23.0 Å². The summed E-state index contributed by atoms with van der Waals surface area (Å²) in [5, 5.41) is 12.8. The Labute approximate surface area is 131 Å². The van der Waals surface area contributed by atoms with E-state index < -0.39 is 11.9 Å². The first-order valence-electron chi connectivity index (χ1n) is 7.06. The number of rotatable bonds is 4. The number of carboxylic acids is 1. The molecule has 0 heterocycles. The Balaban J connectivity index is 1.81. The Hall–Kier alpha value is -1.56. The second-order valence-electron chi connectivity index (χ2n) is 5.93. The Kier molecular flexibility index (Phi) is 3.65. The molecule has 1 aromatic rings. The quantitative estimate of drug-likeness (QED) is 0.775. The highest BCUT2D eigenvalue weighted by molar-refractivity contribution is 9.10. The van der Waals surface area contributed by atoms with Crippen LogP contribution in [0.2, 0.25) is 0 Å². The summed E-state index contributed by atoms with van der Waals surface area (Å²) in [5.41, 5.74) is 6.51. The van der Waals surface area contributed by atoms with Gasteiger partial charge in [0.15, 0.2) is 0 Å². The molecule has 0 spiro atoms. The number of aliphatic carboxylic acids is 1. The van der Waals surface area contributed by atoms with Crippen LogP contribution in [0.5, 0.6) is 0 Å². The number of carboxylic acid groups (broad SMARTS) is 1. The third-order valence-corrected chi connectivity index (χ3v) is 5.43. The summed E-state index contributed by atoms with van der Waals surface area (Å²) in [6.45, 7) is 0. The zero-order valence-electron chi connectivity index (χ0n) is 11.4. The lowest BCUT2D eigenvalue weighted by atomic mass is 9.84. The number of nitrogens with one attached hydrogen (secondary N) is 1. The lowest BCUT2D eigenvalue weighted by molar-refractivity contribution is -0.143. The highest BCUT2D eigenvalue weighted by Crippen LogP contribution is 2.49. The average Bonchev–Trinajstić information content (AvgIpc) is 2.98. The first-order valence-corrected chi connectivity index (χ1v) is 7.85. The maximum atomic E-state index is 11.5. The van der Waals surface area contributed by atoms with Crippen molar-refractivity contribution in [2.45, 2.75) is 25.3 Å². The molecule has 3 rings (SSSR count). The number of anilines is 1. The molecule has 4 unspecified atom stereocenters. The number of hydrogen-bond donors (Lipinski definition) is 3. The maximum Gasteiger partial charge on any atom is 0.308 e. The minimum Gasteiger partial charge on any atom is -0.481 e. The fraction of sp³-hybridized carbons (Fsp3) is 0.467. The van der Waals surface area contributed by atoms with Crippen molar-refractivity contribution in [3.63, 3.8) is 0 Å². The number of carbonyl (C=O) groups is 2. The lowest BCUT2D eigenvalue weighted by Crippen LogP contribution is -2.39. The van der Waals surface area contributed by atoms with Gasteiger partial charge in [0.25, 0.3) is 0 Å². The van der Waals surface area contributed by atoms with E-state index >= 15 is 0 Å². The first kappa shape index (κ1) is 14.4. The third kappa shape index (κ3) is 2.52. The van der Waals surface area contributed by atoms with Crippen LogP contribution in [0.3, 0.4) is 0 Å². The highest BCUT2D eigenvalue weighted by atomic mass is 79.9. The zero-order valence-corrected chi connectivity index (χ0v) is 13.0. The third-order valence-electron chi connectivity index (χ3n) is 4.77. The van der Waals surface area contributed by atoms with Crippen molar-refractivity contribution in [3.8, 4) is 0 Å². The van der Waals surface area contributed by atoms with Crippen molar-refractivity contribution in [3.05, 3.63) is 28.2 Å². The molecule has 4 atom stereocenters. The summed E-state index contributed by atoms with van der Waals surface area (Å²) in [6, 6.07) is 5.17. The van der Waals surface area contributed by atoms with Crippen LogP contribution >= 0.6 is 15.9 Å². The number of hydrogen-bond acceptors (Lipinski definition) is 3. The number of halogens is 1. The van der Waals surface area contributed by atoms with Crippen molar-refractivity contribution in [2.75, 3.05) is 5.32 Å². The Morgan fingerprint density at radius 2 is 2.00 bits per heavy atom. The molecule has 2 bridgehead atoms.